The molecule has 2 fully saturated rings. The van der Waals surface area contributed by atoms with E-state index in [1.807, 2.05) is 24.9 Å². The monoisotopic (exact) mass is 529 g/mol. The van der Waals surface area contributed by atoms with Crippen molar-refractivity contribution in [2.45, 2.75) is 58.0 Å². The Hall–Kier alpha value is -3.77. The Morgan fingerprint density at radius 3 is 2.67 bits per heavy atom. The van der Waals surface area contributed by atoms with Crippen LogP contribution in [0.2, 0.25) is 0 Å². The highest BCUT2D eigenvalue weighted by atomic mass is 19.1. The number of carbonyl (C=O) groups excluding carboxylic acids is 1. The molecular formula is C30H36FN7O. The number of benzene rings is 2. The van der Waals surface area contributed by atoms with Gasteiger partial charge in [-0.05, 0) is 88.0 Å². The number of halogens is 1. The zero-order valence-electron chi connectivity index (χ0n) is 23.0. The van der Waals surface area contributed by atoms with Gasteiger partial charge in [0.25, 0.3) is 0 Å². The maximum absolute atomic E-state index is 14.7. The molecule has 1 unspecified atom stereocenters. The molecule has 0 radical (unpaired) electrons. The lowest BCUT2D eigenvalue weighted by Crippen LogP contribution is -2.51. The van der Waals surface area contributed by atoms with Crippen molar-refractivity contribution >= 4 is 34.3 Å². The van der Waals surface area contributed by atoms with Gasteiger partial charge in [-0.15, -0.1) is 0 Å². The van der Waals surface area contributed by atoms with Gasteiger partial charge in [-0.25, -0.2) is 9.37 Å². The van der Waals surface area contributed by atoms with Gasteiger partial charge in [0.2, 0.25) is 11.9 Å². The van der Waals surface area contributed by atoms with E-state index >= 15 is 0 Å². The van der Waals surface area contributed by atoms with Crippen LogP contribution in [-0.2, 0) is 4.79 Å². The van der Waals surface area contributed by atoms with Crippen LogP contribution >= 0.6 is 0 Å². The summed E-state index contributed by atoms with van der Waals surface area (Å²) in [6.45, 7) is 7.39. The van der Waals surface area contributed by atoms with Crippen molar-refractivity contribution in [2.24, 2.45) is 0 Å². The largest absolute Gasteiger partial charge is 0.341 e. The van der Waals surface area contributed by atoms with Crippen molar-refractivity contribution in [3.8, 4) is 6.07 Å². The first-order valence-electron chi connectivity index (χ1n) is 13.9. The van der Waals surface area contributed by atoms with E-state index in [1.165, 1.54) is 6.07 Å². The molecule has 1 aromatic heterocycles. The third-order valence-corrected chi connectivity index (χ3v) is 7.99. The van der Waals surface area contributed by atoms with Crippen LogP contribution in [0.5, 0.6) is 0 Å². The van der Waals surface area contributed by atoms with Gasteiger partial charge in [-0.3, -0.25) is 9.69 Å². The van der Waals surface area contributed by atoms with Crippen LogP contribution < -0.4 is 10.2 Å². The number of amides is 1. The number of rotatable bonds is 7. The number of aryl methyl sites for hydroxylation is 1. The van der Waals surface area contributed by atoms with Crippen molar-refractivity contribution < 1.29 is 9.18 Å². The van der Waals surface area contributed by atoms with Gasteiger partial charge in [0.15, 0.2) is 0 Å². The van der Waals surface area contributed by atoms with E-state index in [9.17, 15) is 14.4 Å². The molecule has 1 N–H and O–H groups in total. The van der Waals surface area contributed by atoms with E-state index < -0.39 is 0 Å². The number of carbonyl (C=O) groups is 1. The second-order valence-corrected chi connectivity index (χ2v) is 10.7. The lowest BCUT2D eigenvalue weighted by Gasteiger charge is -2.38. The standard InChI is InChI=1S/C30H36FN7O/c1-4-13-37-14-5-6-27(37)29(39)36(3)22-11-15-38(16-12-22)30-34-26-18-21(19-32)8-9-23(26)28(35-30)33-25-10-7-20(2)17-24(25)31/h7-10,17-18,22,27H,4-6,11-16H2,1-3H3,(H,33,34,35). The summed E-state index contributed by atoms with van der Waals surface area (Å²) in [4.78, 5) is 29.3. The summed E-state index contributed by atoms with van der Waals surface area (Å²) in [5, 5.41) is 13.3. The molecular weight excluding hydrogens is 493 g/mol. The number of piperidine rings is 1. The van der Waals surface area contributed by atoms with Gasteiger partial charge in [-0.2, -0.15) is 10.2 Å². The normalized spacial score (nSPS) is 18.3. The second-order valence-electron chi connectivity index (χ2n) is 10.7. The first kappa shape index (κ1) is 26.8. The number of fused-ring (bicyclic) bond motifs is 1. The summed E-state index contributed by atoms with van der Waals surface area (Å²) in [6.07, 6.45) is 4.71. The van der Waals surface area contributed by atoms with E-state index in [-0.39, 0.29) is 23.8 Å². The first-order chi connectivity index (χ1) is 18.9. The van der Waals surface area contributed by atoms with Gasteiger partial charge in [0.1, 0.15) is 11.6 Å². The number of hydrogen-bond acceptors (Lipinski definition) is 7. The molecule has 0 bridgehead atoms. The molecule has 1 atom stereocenters. The van der Waals surface area contributed by atoms with Crippen LogP contribution in [0.15, 0.2) is 36.4 Å². The summed E-state index contributed by atoms with van der Waals surface area (Å²) in [6, 6.07) is 12.6. The average molecular weight is 530 g/mol. The second kappa shape index (κ2) is 11.5. The number of anilines is 3. The number of hydrogen-bond donors (Lipinski definition) is 1. The minimum atomic E-state index is -0.356. The van der Waals surface area contributed by atoms with Crippen LogP contribution in [0.4, 0.5) is 21.8 Å². The Morgan fingerprint density at radius 1 is 1.15 bits per heavy atom. The molecule has 0 saturated carbocycles. The first-order valence-corrected chi connectivity index (χ1v) is 13.9. The van der Waals surface area contributed by atoms with Crippen molar-refractivity contribution in [3.63, 3.8) is 0 Å². The van der Waals surface area contributed by atoms with Crippen LogP contribution in [-0.4, -0.2) is 71.0 Å². The Labute approximate surface area is 229 Å². The number of aromatic nitrogens is 2. The maximum Gasteiger partial charge on any atom is 0.239 e. The highest BCUT2D eigenvalue weighted by molar-refractivity contribution is 5.92. The Kier molecular flexibility index (Phi) is 7.94. The van der Waals surface area contributed by atoms with Crippen LogP contribution in [0, 0.1) is 24.1 Å². The molecule has 39 heavy (non-hydrogen) atoms. The van der Waals surface area contributed by atoms with Crippen molar-refractivity contribution in [1.29, 1.82) is 5.26 Å². The van der Waals surface area contributed by atoms with Crippen LogP contribution in [0.3, 0.4) is 0 Å². The summed E-state index contributed by atoms with van der Waals surface area (Å²) < 4.78 is 14.7. The molecule has 0 spiro atoms. The van der Waals surface area contributed by atoms with Gasteiger partial charge < -0.3 is 15.1 Å². The summed E-state index contributed by atoms with van der Waals surface area (Å²) in [7, 11) is 1.94. The fourth-order valence-corrected chi connectivity index (χ4v) is 5.80. The smallest absolute Gasteiger partial charge is 0.239 e. The van der Waals surface area contributed by atoms with Gasteiger partial charge in [0, 0.05) is 31.6 Å². The molecule has 0 aliphatic carbocycles. The molecule has 3 heterocycles. The lowest BCUT2D eigenvalue weighted by molar-refractivity contribution is -0.137. The van der Waals surface area contributed by atoms with Gasteiger partial charge in [-0.1, -0.05) is 13.0 Å². The zero-order chi connectivity index (χ0) is 27.5. The highest BCUT2D eigenvalue weighted by Gasteiger charge is 2.35. The van der Waals surface area contributed by atoms with Crippen LogP contribution in [0.25, 0.3) is 10.9 Å². The Morgan fingerprint density at radius 2 is 1.95 bits per heavy atom. The van der Waals surface area contributed by atoms with E-state index in [1.54, 1.807) is 24.3 Å². The molecule has 2 aliphatic rings. The number of nitriles is 1. The SMILES string of the molecule is CCCN1CCCC1C(=O)N(C)C1CCN(c2nc(Nc3ccc(C)cc3F)c3ccc(C#N)cc3n2)CC1. The topological polar surface area (TPSA) is 88.4 Å². The summed E-state index contributed by atoms with van der Waals surface area (Å²) in [5.74, 6) is 0.904. The number of nitrogens with zero attached hydrogens (tertiary/aromatic N) is 6. The molecule has 3 aromatic rings. The Bertz CT molecular complexity index is 1400. The number of nitrogens with one attached hydrogen (secondary N) is 1. The van der Waals surface area contributed by atoms with E-state index in [0.29, 0.717) is 47.0 Å². The molecule has 8 nitrogen and oxygen atoms in total. The third kappa shape index (κ3) is 5.66. The van der Waals surface area contributed by atoms with Crippen molar-refractivity contribution in [3.05, 3.63) is 53.3 Å². The van der Waals surface area contributed by atoms with E-state index in [2.05, 4.69) is 28.1 Å². The van der Waals surface area contributed by atoms with Gasteiger partial charge >= 0.3 is 0 Å². The highest BCUT2D eigenvalue weighted by Crippen LogP contribution is 2.30. The molecule has 2 aromatic carbocycles. The minimum absolute atomic E-state index is 0.00179. The minimum Gasteiger partial charge on any atom is -0.341 e. The zero-order valence-corrected chi connectivity index (χ0v) is 23.0. The number of likely N-dealkylation sites (tertiary alicyclic amines) is 1. The van der Waals surface area contributed by atoms with Crippen molar-refractivity contribution in [1.82, 2.24) is 19.8 Å². The van der Waals surface area contributed by atoms with E-state index in [0.717, 1.165) is 50.8 Å². The quantitative estimate of drug-likeness (QED) is 0.461. The Balaban J connectivity index is 1.35. The predicted octanol–water partition coefficient (Wildman–Crippen LogP) is 4.99. The molecule has 204 valence electrons. The predicted molar refractivity (Wildman–Crippen MR) is 152 cm³/mol. The molecule has 5 rings (SSSR count). The fourth-order valence-electron chi connectivity index (χ4n) is 5.80. The van der Waals surface area contributed by atoms with E-state index in [4.69, 9.17) is 9.97 Å². The maximum atomic E-state index is 14.7. The lowest BCUT2D eigenvalue weighted by atomic mass is 10.0. The van der Waals surface area contributed by atoms with Gasteiger partial charge in [0.05, 0.1) is 28.9 Å². The average Bonchev–Trinajstić information content (AvgIpc) is 3.41. The van der Waals surface area contributed by atoms with Crippen LogP contribution in [0.1, 0.15) is 50.2 Å². The summed E-state index contributed by atoms with van der Waals surface area (Å²) in [5.41, 5.74) is 2.30. The molecule has 9 heteroatoms. The number of likely N-dealkylation sites (N-methyl/N-ethyl adjacent to an activating group) is 1. The third-order valence-electron chi connectivity index (χ3n) is 7.99. The summed E-state index contributed by atoms with van der Waals surface area (Å²) >= 11 is 0. The van der Waals surface area contributed by atoms with Crippen molar-refractivity contribution in [2.75, 3.05) is 43.4 Å². The molecule has 2 saturated heterocycles. The fraction of sp³-hybridized carbons (Fsp3) is 0.467. The molecule has 1 amide bonds. The molecule has 2 aliphatic heterocycles.